The molecule has 0 fully saturated rings. The summed E-state index contributed by atoms with van der Waals surface area (Å²) in [6.45, 7) is 1.94. The lowest BCUT2D eigenvalue weighted by molar-refractivity contribution is 0.773. The monoisotopic (exact) mass is 374 g/mol. The van der Waals surface area contributed by atoms with Crippen LogP contribution in [0.25, 0.3) is 0 Å². The minimum Gasteiger partial charge on any atom is -0.323 e. The Morgan fingerprint density at radius 1 is 1.55 bits per heavy atom. The van der Waals surface area contributed by atoms with E-state index in [1.165, 1.54) is 0 Å². The molecule has 0 aromatic carbocycles. The molecular weight excluding hydrogens is 366 g/mol. The van der Waals surface area contributed by atoms with E-state index in [4.69, 9.17) is 5.73 Å². The number of hydrogen-bond donors (Lipinski definition) is 1. The molecule has 0 amide bonds. The van der Waals surface area contributed by atoms with E-state index < -0.39 is 0 Å². The number of rotatable bonds is 1. The third kappa shape index (κ3) is 2.51. The summed E-state index contributed by atoms with van der Waals surface area (Å²) >= 11 is 4.49. The van der Waals surface area contributed by atoms with Crippen molar-refractivity contribution in [3.8, 4) is 0 Å². The second-order valence-electron chi connectivity index (χ2n) is 2.31. The zero-order valence-corrected chi connectivity index (χ0v) is 10.3. The SMILES string of the molecule is CC(N)c1ncc(I)cc1I. The van der Waals surface area contributed by atoms with E-state index in [0.717, 1.165) is 12.8 Å². The molecule has 60 valence electrons. The number of halogens is 2. The maximum atomic E-state index is 5.69. The highest BCUT2D eigenvalue weighted by atomic mass is 127. The molecule has 1 unspecified atom stereocenters. The molecule has 1 rings (SSSR count). The van der Waals surface area contributed by atoms with Gasteiger partial charge in [-0.3, -0.25) is 4.98 Å². The summed E-state index contributed by atoms with van der Waals surface area (Å²) in [5.41, 5.74) is 6.67. The number of hydrogen-bond acceptors (Lipinski definition) is 2. The Morgan fingerprint density at radius 2 is 2.18 bits per heavy atom. The van der Waals surface area contributed by atoms with Gasteiger partial charge in [-0.1, -0.05) is 0 Å². The molecular formula is C7H8I2N2. The quantitative estimate of drug-likeness (QED) is 0.767. The van der Waals surface area contributed by atoms with Gasteiger partial charge in [0.1, 0.15) is 0 Å². The number of nitrogens with zero attached hydrogens (tertiary/aromatic N) is 1. The molecule has 0 aliphatic carbocycles. The molecule has 0 saturated heterocycles. The first-order chi connectivity index (χ1) is 5.11. The van der Waals surface area contributed by atoms with E-state index in [0.29, 0.717) is 0 Å². The molecule has 11 heavy (non-hydrogen) atoms. The van der Waals surface area contributed by atoms with Gasteiger partial charge in [0, 0.05) is 19.4 Å². The van der Waals surface area contributed by atoms with Gasteiger partial charge in [-0.05, 0) is 58.2 Å². The van der Waals surface area contributed by atoms with Crippen molar-refractivity contribution in [2.45, 2.75) is 13.0 Å². The number of pyridine rings is 1. The van der Waals surface area contributed by atoms with Crippen molar-refractivity contribution >= 4 is 45.2 Å². The zero-order chi connectivity index (χ0) is 8.43. The van der Waals surface area contributed by atoms with E-state index in [9.17, 15) is 0 Å². The van der Waals surface area contributed by atoms with Crippen molar-refractivity contribution < 1.29 is 0 Å². The van der Waals surface area contributed by atoms with Crippen LogP contribution < -0.4 is 5.73 Å². The summed E-state index contributed by atoms with van der Waals surface area (Å²) in [5, 5.41) is 0. The Labute approximate surface area is 93.2 Å². The molecule has 0 radical (unpaired) electrons. The van der Waals surface area contributed by atoms with Crippen molar-refractivity contribution in [3.63, 3.8) is 0 Å². The minimum atomic E-state index is 0.0268. The van der Waals surface area contributed by atoms with Gasteiger partial charge in [-0.15, -0.1) is 0 Å². The van der Waals surface area contributed by atoms with Crippen molar-refractivity contribution in [3.05, 3.63) is 25.1 Å². The Balaban J connectivity index is 3.09. The third-order valence-electron chi connectivity index (χ3n) is 1.27. The van der Waals surface area contributed by atoms with E-state index in [-0.39, 0.29) is 6.04 Å². The molecule has 0 spiro atoms. The standard InChI is InChI=1S/C7H8I2N2/c1-4(10)7-6(9)2-5(8)3-11-7/h2-4H,10H2,1H3. The van der Waals surface area contributed by atoms with E-state index in [2.05, 4.69) is 56.2 Å². The molecule has 2 N–H and O–H groups in total. The molecule has 0 aliphatic heterocycles. The third-order valence-corrected chi connectivity index (χ3v) is 2.72. The normalized spacial score (nSPS) is 13.1. The van der Waals surface area contributed by atoms with Crippen LogP contribution in [-0.2, 0) is 0 Å². The van der Waals surface area contributed by atoms with Crippen LogP contribution in [0.15, 0.2) is 12.3 Å². The van der Waals surface area contributed by atoms with Crippen LogP contribution in [0.2, 0.25) is 0 Å². The highest BCUT2D eigenvalue weighted by Crippen LogP contribution is 2.17. The number of aromatic nitrogens is 1. The van der Waals surface area contributed by atoms with Gasteiger partial charge in [0.05, 0.1) is 5.69 Å². The summed E-state index contributed by atoms with van der Waals surface area (Å²) in [6, 6.07) is 2.10. The lowest BCUT2D eigenvalue weighted by Gasteiger charge is -2.06. The Kier molecular flexibility index (Phi) is 3.51. The van der Waals surface area contributed by atoms with Crippen LogP contribution in [0.1, 0.15) is 18.7 Å². The fourth-order valence-electron chi connectivity index (χ4n) is 0.760. The number of nitrogens with two attached hydrogens (primary N) is 1. The Bertz CT molecular complexity index is 261. The average molecular weight is 374 g/mol. The molecule has 1 heterocycles. The second kappa shape index (κ2) is 3.99. The average Bonchev–Trinajstić information content (AvgIpc) is 1.85. The van der Waals surface area contributed by atoms with Gasteiger partial charge in [0.2, 0.25) is 0 Å². The predicted octanol–water partition coefficient (Wildman–Crippen LogP) is 2.31. The predicted molar refractivity (Wildman–Crippen MR) is 62.3 cm³/mol. The Morgan fingerprint density at radius 3 is 2.64 bits per heavy atom. The highest BCUT2D eigenvalue weighted by Gasteiger charge is 2.05. The molecule has 1 aromatic rings. The van der Waals surface area contributed by atoms with Gasteiger partial charge >= 0.3 is 0 Å². The van der Waals surface area contributed by atoms with E-state index >= 15 is 0 Å². The molecule has 0 saturated carbocycles. The van der Waals surface area contributed by atoms with E-state index in [1.54, 1.807) is 0 Å². The smallest absolute Gasteiger partial charge is 0.0702 e. The topological polar surface area (TPSA) is 38.9 Å². The second-order valence-corrected chi connectivity index (χ2v) is 4.72. The first kappa shape index (κ1) is 9.66. The first-order valence-electron chi connectivity index (χ1n) is 3.18. The highest BCUT2D eigenvalue weighted by molar-refractivity contribution is 14.1. The Hall–Kier alpha value is 0.570. The van der Waals surface area contributed by atoms with Gasteiger partial charge in [-0.2, -0.15) is 0 Å². The van der Waals surface area contributed by atoms with Crippen LogP contribution >= 0.6 is 45.2 Å². The summed E-state index contributed by atoms with van der Waals surface area (Å²) < 4.78 is 2.29. The largest absolute Gasteiger partial charge is 0.323 e. The van der Waals surface area contributed by atoms with Gasteiger partial charge in [0.25, 0.3) is 0 Å². The van der Waals surface area contributed by atoms with Gasteiger partial charge in [0.15, 0.2) is 0 Å². The molecule has 0 bridgehead atoms. The van der Waals surface area contributed by atoms with Crippen LogP contribution in [0.4, 0.5) is 0 Å². The maximum Gasteiger partial charge on any atom is 0.0702 e. The maximum absolute atomic E-state index is 5.69. The summed E-state index contributed by atoms with van der Waals surface area (Å²) in [6.07, 6.45) is 1.83. The summed E-state index contributed by atoms with van der Waals surface area (Å²) in [7, 11) is 0. The first-order valence-corrected chi connectivity index (χ1v) is 5.33. The van der Waals surface area contributed by atoms with Crippen molar-refractivity contribution in [2.24, 2.45) is 5.73 Å². The minimum absolute atomic E-state index is 0.0268. The van der Waals surface area contributed by atoms with Gasteiger partial charge < -0.3 is 5.73 Å². The van der Waals surface area contributed by atoms with Crippen molar-refractivity contribution in [1.29, 1.82) is 0 Å². The lowest BCUT2D eigenvalue weighted by atomic mass is 10.2. The van der Waals surface area contributed by atoms with Crippen molar-refractivity contribution in [1.82, 2.24) is 4.98 Å². The lowest BCUT2D eigenvalue weighted by Crippen LogP contribution is -2.09. The molecule has 4 heteroatoms. The zero-order valence-electron chi connectivity index (χ0n) is 6.01. The van der Waals surface area contributed by atoms with Gasteiger partial charge in [-0.25, -0.2) is 0 Å². The van der Waals surface area contributed by atoms with Crippen LogP contribution in [0.3, 0.4) is 0 Å². The van der Waals surface area contributed by atoms with Crippen molar-refractivity contribution in [2.75, 3.05) is 0 Å². The fraction of sp³-hybridized carbons (Fsp3) is 0.286. The molecule has 1 aromatic heterocycles. The summed E-state index contributed by atoms with van der Waals surface area (Å²) in [4.78, 5) is 4.24. The van der Waals surface area contributed by atoms with E-state index in [1.807, 2.05) is 13.1 Å². The summed E-state index contributed by atoms with van der Waals surface area (Å²) in [5.74, 6) is 0. The molecule has 0 aliphatic rings. The van der Waals surface area contributed by atoms with Crippen LogP contribution in [0.5, 0.6) is 0 Å². The molecule has 2 nitrogen and oxygen atoms in total. The molecule has 1 atom stereocenters. The van der Waals surface area contributed by atoms with Crippen LogP contribution in [-0.4, -0.2) is 4.98 Å². The van der Waals surface area contributed by atoms with Crippen LogP contribution in [0, 0.1) is 7.14 Å². The fourth-order valence-corrected chi connectivity index (χ4v) is 2.77.